The molecule has 1 aliphatic carbocycles. The lowest BCUT2D eigenvalue weighted by Gasteiger charge is -2.39. The summed E-state index contributed by atoms with van der Waals surface area (Å²) < 4.78 is 7.30. The fourth-order valence-corrected chi connectivity index (χ4v) is 4.20. The summed E-state index contributed by atoms with van der Waals surface area (Å²) in [5, 5.41) is 18.0. The molecular weight excluding hydrogens is 384 g/mol. The molecule has 8 nitrogen and oxygen atoms in total. The number of nitrogens with one attached hydrogen (secondary N) is 1. The van der Waals surface area contributed by atoms with Gasteiger partial charge in [0, 0.05) is 6.20 Å². The predicted molar refractivity (Wildman–Crippen MR) is 107 cm³/mol. The molecule has 1 saturated carbocycles. The summed E-state index contributed by atoms with van der Waals surface area (Å²) in [7, 11) is 0. The van der Waals surface area contributed by atoms with E-state index >= 15 is 0 Å². The van der Waals surface area contributed by atoms with Crippen LogP contribution < -0.4 is 5.32 Å². The molecule has 5 rings (SSSR count). The van der Waals surface area contributed by atoms with Crippen molar-refractivity contribution in [2.75, 3.05) is 5.32 Å². The summed E-state index contributed by atoms with van der Waals surface area (Å²) in [5.41, 5.74) is 0.00677. The van der Waals surface area contributed by atoms with Crippen LogP contribution in [0.15, 0.2) is 61.1 Å². The molecule has 0 bridgehead atoms. The number of hydrogen-bond donors (Lipinski definition) is 2. The number of para-hydroxylation sites is 1. The average molecular weight is 404 g/mol. The van der Waals surface area contributed by atoms with Crippen LogP contribution in [0.3, 0.4) is 0 Å². The third-order valence-electron chi connectivity index (χ3n) is 5.92. The summed E-state index contributed by atoms with van der Waals surface area (Å²) in [5.74, 6) is -0.892. The highest BCUT2D eigenvalue weighted by molar-refractivity contribution is 5.97. The van der Waals surface area contributed by atoms with E-state index in [0.717, 1.165) is 5.69 Å². The highest BCUT2D eigenvalue weighted by Crippen LogP contribution is 2.48. The lowest BCUT2D eigenvalue weighted by atomic mass is 9.74. The molecule has 30 heavy (non-hydrogen) atoms. The van der Waals surface area contributed by atoms with Gasteiger partial charge in [0.25, 0.3) is 5.91 Å². The summed E-state index contributed by atoms with van der Waals surface area (Å²) in [6, 6.07) is 12.9. The normalized spacial score (nSPS) is 25.0. The average Bonchev–Trinajstić information content (AvgIpc) is 3.35. The number of amides is 1. The van der Waals surface area contributed by atoms with E-state index in [-0.39, 0.29) is 12.8 Å². The molecule has 1 aromatic carbocycles. The van der Waals surface area contributed by atoms with Crippen molar-refractivity contribution in [2.45, 2.75) is 36.9 Å². The molecule has 8 heteroatoms. The van der Waals surface area contributed by atoms with E-state index in [4.69, 9.17) is 4.74 Å². The molecule has 1 amide bonds. The van der Waals surface area contributed by atoms with E-state index in [1.807, 2.05) is 30.3 Å². The van der Waals surface area contributed by atoms with Crippen molar-refractivity contribution in [3.8, 4) is 5.69 Å². The van der Waals surface area contributed by atoms with Gasteiger partial charge in [0.05, 0.1) is 35.0 Å². The number of rotatable bonds is 3. The minimum Gasteiger partial charge on any atom is -0.449 e. The molecule has 0 atom stereocenters. The van der Waals surface area contributed by atoms with Crippen molar-refractivity contribution in [3.05, 3.63) is 72.3 Å². The van der Waals surface area contributed by atoms with Gasteiger partial charge in [-0.15, -0.1) is 0 Å². The van der Waals surface area contributed by atoms with E-state index in [9.17, 15) is 14.7 Å². The molecule has 1 fully saturated rings. The van der Waals surface area contributed by atoms with Crippen molar-refractivity contribution < 1.29 is 19.4 Å². The first-order chi connectivity index (χ1) is 14.5. The number of aromatic nitrogens is 3. The zero-order valence-electron chi connectivity index (χ0n) is 16.1. The zero-order chi connectivity index (χ0) is 20.8. The smallest absolute Gasteiger partial charge is 0.341 e. The van der Waals surface area contributed by atoms with Gasteiger partial charge in [-0.1, -0.05) is 18.2 Å². The number of nitrogens with zero attached hydrogens (tertiary/aromatic N) is 3. The Labute approximate surface area is 172 Å². The molecule has 2 N–H and O–H groups in total. The van der Waals surface area contributed by atoms with E-state index in [2.05, 4.69) is 15.4 Å². The van der Waals surface area contributed by atoms with Crippen molar-refractivity contribution in [3.63, 3.8) is 0 Å². The highest BCUT2D eigenvalue weighted by atomic mass is 16.6. The Bertz CT molecular complexity index is 1120. The molecule has 1 aliphatic heterocycles. The lowest BCUT2D eigenvalue weighted by Crippen LogP contribution is -2.49. The number of esters is 1. The van der Waals surface area contributed by atoms with Gasteiger partial charge in [-0.05, 0) is 49.9 Å². The Morgan fingerprint density at radius 1 is 1.10 bits per heavy atom. The van der Waals surface area contributed by atoms with E-state index < -0.39 is 23.1 Å². The Morgan fingerprint density at radius 2 is 1.87 bits per heavy atom. The number of pyridine rings is 1. The monoisotopic (exact) mass is 404 g/mol. The van der Waals surface area contributed by atoms with Crippen LogP contribution in [0.5, 0.6) is 0 Å². The van der Waals surface area contributed by atoms with Gasteiger partial charge in [0.15, 0.2) is 5.60 Å². The third kappa shape index (κ3) is 2.96. The first kappa shape index (κ1) is 18.5. The van der Waals surface area contributed by atoms with Crippen molar-refractivity contribution in [2.24, 2.45) is 0 Å². The highest BCUT2D eigenvalue weighted by Gasteiger charge is 2.53. The van der Waals surface area contributed by atoms with Crippen LogP contribution in [0.1, 0.15) is 41.7 Å². The summed E-state index contributed by atoms with van der Waals surface area (Å²) in [4.78, 5) is 29.3. The predicted octanol–water partition coefficient (Wildman–Crippen LogP) is 2.58. The molecule has 152 valence electrons. The van der Waals surface area contributed by atoms with E-state index in [0.29, 0.717) is 29.8 Å². The lowest BCUT2D eigenvalue weighted by molar-refractivity contribution is -0.144. The molecule has 3 aromatic rings. The van der Waals surface area contributed by atoms with Gasteiger partial charge in [0.2, 0.25) is 0 Å². The first-order valence-corrected chi connectivity index (χ1v) is 9.82. The van der Waals surface area contributed by atoms with Gasteiger partial charge >= 0.3 is 5.97 Å². The number of hydrogen-bond acceptors (Lipinski definition) is 6. The van der Waals surface area contributed by atoms with Gasteiger partial charge < -0.3 is 15.2 Å². The summed E-state index contributed by atoms with van der Waals surface area (Å²) in [6.07, 6.45) is 5.84. The van der Waals surface area contributed by atoms with Crippen LogP contribution in [0.4, 0.5) is 5.69 Å². The number of benzene rings is 1. The fraction of sp³-hybridized carbons (Fsp3) is 0.273. The molecule has 2 aromatic heterocycles. The van der Waals surface area contributed by atoms with Crippen LogP contribution in [-0.2, 0) is 15.1 Å². The summed E-state index contributed by atoms with van der Waals surface area (Å²) in [6.45, 7) is 0. The Balaban J connectivity index is 1.29. The molecule has 0 saturated heterocycles. The molecule has 3 heterocycles. The summed E-state index contributed by atoms with van der Waals surface area (Å²) >= 11 is 0. The maximum Gasteiger partial charge on any atom is 0.341 e. The fourth-order valence-electron chi connectivity index (χ4n) is 4.20. The van der Waals surface area contributed by atoms with Crippen molar-refractivity contribution in [1.29, 1.82) is 0 Å². The Kier molecular flexibility index (Phi) is 4.18. The van der Waals surface area contributed by atoms with Crippen LogP contribution >= 0.6 is 0 Å². The number of fused-ring (bicyclic) bond motifs is 2. The topological polar surface area (TPSA) is 106 Å². The van der Waals surface area contributed by atoms with Crippen LogP contribution in [-0.4, -0.2) is 37.3 Å². The number of carbonyl (C=O) groups is 2. The molecule has 1 spiro atoms. The van der Waals surface area contributed by atoms with Crippen LogP contribution in [0.25, 0.3) is 5.69 Å². The number of ether oxygens (including phenoxy) is 1. The van der Waals surface area contributed by atoms with Gasteiger partial charge in [-0.25, -0.2) is 9.48 Å². The molecule has 0 unspecified atom stereocenters. The maximum absolute atomic E-state index is 12.8. The number of anilines is 1. The Hall–Kier alpha value is -3.52. The SMILES string of the molecule is O=C1OC2(CCC(O)(C(=O)Nc3cnn(-c4ccccc4)c3)CC2)c2ncccc21. The minimum atomic E-state index is -1.55. The van der Waals surface area contributed by atoms with Crippen LogP contribution in [0.2, 0.25) is 0 Å². The maximum atomic E-state index is 12.8. The first-order valence-electron chi connectivity index (χ1n) is 9.82. The molecule has 2 aliphatic rings. The standard InChI is InChI=1S/C22H20N4O4/c27-19-17-7-4-12-23-18(17)22(30-19)10-8-21(29,9-11-22)20(28)25-15-13-24-26(14-15)16-5-2-1-3-6-16/h1-7,12-14,29H,8-11H2,(H,25,28). The third-order valence-corrected chi connectivity index (χ3v) is 5.92. The Morgan fingerprint density at radius 3 is 2.63 bits per heavy atom. The van der Waals surface area contributed by atoms with Crippen molar-refractivity contribution >= 4 is 17.6 Å². The second-order valence-electron chi connectivity index (χ2n) is 7.78. The number of aliphatic hydroxyl groups is 1. The quantitative estimate of drug-likeness (QED) is 0.650. The van der Waals surface area contributed by atoms with Gasteiger partial charge in [-0.2, -0.15) is 5.10 Å². The molecular formula is C22H20N4O4. The van der Waals surface area contributed by atoms with Crippen molar-refractivity contribution in [1.82, 2.24) is 14.8 Å². The largest absolute Gasteiger partial charge is 0.449 e. The van der Waals surface area contributed by atoms with E-state index in [1.54, 1.807) is 29.2 Å². The molecule has 0 radical (unpaired) electrons. The minimum absolute atomic E-state index is 0.162. The second kappa shape index (κ2) is 6.77. The van der Waals surface area contributed by atoms with Gasteiger partial charge in [0.1, 0.15) is 5.60 Å². The van der Waals surface area contributed by atoms with Gasteiger partial charge in [-0.3, -0.25) is 9.78 Å². The second-order valence-corrected chi connectivity index (χ2v) is 7.78. The zero-order valence-corrected chi connectivity index (χ0v) is 16.1. The van der Waals surface area contributed by atoms with Crippen LogP contribution in [0, 0.1) is 0 Å². The van der Waals surface area contributed by atoms with E-state index in [1.165, 1.54) is 6.20 Å². The number of carbonyl (C=O) groups excluding carboxylic acids is 2.